The zero-order chi connectivity index (χ0) is 25.3. The van der Waals surface area contributed by atoms with E-state index in [0.717, 1.165) is 29.8 Å². The SMILES string of the molecule is Cc1ccc(O)c(/C(O)=C2\C(=O)C(=O)N(CCN3CCOCC3)C2c2ccc(C(C)(C)C)cc2)c1. The molecule has 1 atom stereocenters. The van der Waals surface area contributed by atoms with E-state index >= 15 is 0 Å². The molecule has 186 valence electrons. The van der Waals surface area contributed by atoms with Gasteiger partial charge in [0.1, 0.15) is 11.5 Å². The van der Waals surface area contributed by atoms with Crippen LogP contribution in [0.4, 0.5) is 0 Å². The number of carbonyl (C=O) groups is 2. The minimum atomic E-state index is -0.745. The molecule has 35 heavy (non-hydrogen) atoms. The number of carbonyl (C=O) groups excluding carboxylic acids is 2. The Morgan fingerprint density at radius 2 is 1.69 bits per heavy atom. The Kier molecular flexibility index (Phi) is 7.01. The first-order valence-corrected chi connectivity index (χ1v) is 12.1. The van der Waals surface area contributed by atoms with Gasteiger partial charge in [0.05, 0.1) is 30.4 Å². The van der Waals surface area contributed by atoms with Crippen LogP contribution in [0.5, 0.6) is 5.75 Å². The van der Waals surface area contributed by atoms with E-state index < -0.39 is 17.7 Å². The van der Waals surface area contributed by atoms with Gasteiger partial charge in [-0.15, -0.1) is 0 Å². The summed E-state index contributed by atoms with van der Waals surface area (Å²) < 4.78 is 5.42. The van der Waals surface area contributed by atoms with Crippen LogP contribution < -0.4 is 0 Å². The molecule has 2 aliphatic heterocycles. The molecule has 2 aromatic carbocycles. The predicted molar refractivity (Wildman–Crippen MR) is 134 cm³/mol. The van der Waals surface area contributed by atoms with E-state index in [2.05, 4.69) is 25.7 Å². The molecular weight excluding hydrogens is 444 g/mol. The molecule has 2 fully saturated rings. The van der Waals surface area contributed by atoms with Gasteiger partial charge >= 0.3 is 0 Å². The summed E-state index contributed by atoms with van der Waals surface area (Å²) in [5, 5.41) is 21.7. The van der Waals surface area contributed by atoms with Crippen molar-refractivity contribution < 1.29 is 24.5 Å². The lowest BCUT2D eigenvalue weighted by atomic mass is 9.85. The Balaban J connectivity index is 1.78. The fraction of sp³-hybridized carbons (Fsp3) is 0.429. The number of morpholine rings is 1. The zero-order valence-electron chi connectivity index (χ0n) is 20.9. The number of ether oxygens (including phenoxy) is 1. The van der Waals surface area contributed by atoms with Crippen molar-refractivity contribution in [1.82, 2.24) is 9.80 Å². The minimum absolute atomic E-state index is 0.00128. The van der Waals surface area contributed by atoms with Crippen molar-refractivity contribution >= 4 is 17.4 Å². The van der Waals surface area contributed by atoms with Crippen LogP contribution in [0.2, 0.25) is 0 Å². The summed E-state index contributed by atoms with van der Waals surface area (Å²) in [6.07, 6.45) is 0. The highest BCUT2D eigenvalue weighted by molar-refractivity contribution is 6.46. The third kappa shape index (κ3) is 5.11. The van der Waals surface area contributed by atoms with Gasteiger partial charge in [-0.25, -0.2) is 0 Å². The normalized spacial score (nSPS) is 21.0. The average Bonchev–Trinajstić information content (AvgIpc) is 3.09. The number of phenols is 1. The molecule has 2 aliphatic rings. The Hall–Kier alpha value is -3.16. The first-order valence-electron chi connectivity index (χ1n) is 12.1. The fourth-order valence-electron chi connectivity index (χ4n) is 4.68. The molecule has 0 aromatic heterocycles. The van der Waals surface area contributed by atoms with E-state index in [-0.39, 0.29) is 28.1 Å². The van der Waals surface area contributed by atoms with Crippen molar-refractivity contribution in [3.05, 3.63) is 70.3 Å². The highest BCUT2D eigenvalue weighted by atomic mass is 16.5. The molecule has 0 aliphatic carbocycles. The standard InChI is InChI=1S/C28H34N2O5/c1-18-5-10-22(31)21(17-18)25(32)23-24(19-6-8-20(9-7-19)28(2,3)4)30(27(34)26(23)33)12-11-29-13-15-35-16-14-29/h5-10,17,24,31-32H,11-16H2,1-4H3/b25-23+. The predicted octanol–water partition coefficient (Wildman–Crippen LogP) is 3.75. The highest BCUT2D eigenvalue weighted by Gasteiger charge is 2.46. The van der Waals surface area contributed by atoms with Gasteiger partial charge in [0.25, 0.3) is 11.7 Å². The molecule has 2 aromatic rings. The lowest BCUT2D eigenvalue weighted by Crippen LogP contribution is -2.42. The van der Waals surface area contributed by atoms with Crippen molar-refractivity contribution in [3.8, 4) is 5.75 Å². The molecule has 7 heteroatoms. The molecule has 4 rings (SSSR count). The van der Waals surface area contributed by atoms with Crippen LogP contribution in [0.1, 0.15) is 49.1 Å². The van der Waals surface area contributed by atoms with Crippen LogP contribution in [-0.4, -0.2) is 71.1 Å². The molecule has 0 radical (unpaired) electrons. The smallest absolute Gasteiger partial charge is 0.295 e. The van der Waals surface area contributed by atoms with Gasteiger partial charge in [0.2, 0.25) is 0 Å². The maximum Gasteiger partial charge on any atom is 0.295 e. The number of nitrogens with zero attached hydrogens (tertiary/aromatic N) is 2. The van der Waals surface area contributed by atoms with Crippen molar-refractivity contribution in [2.75, 3.05) is 39.4 Å². The molecule has 0 spiro atoms. The van der Waals surface area contributed by atoms with Gasteiger partial charge in [-0.2, -0.15) is 0 Å². The Labute approximate surface area is 206 Å². The number of aliphatic hydroxyl groups excluding tert-OH is 1. The number of hydrogen-bond acceptors (Lipinski definition) is 6. The molecule has 1 unspecified atom stereocenters. The number of aromatic hydroxyl groups is 1. The van der Waals surface area contributed by atoms with Gasteiger partial charge < -0.3 is 19.8 Å². The topological polar surface area (TPSA) is 90.3 Å². The van der Waals surface area contributed by atoms with Crippen molar-refractivity contribution in [1.29, 1.82) is 0 Å². The van der Waals surface area contributed by atoms with Gasteiger partial charge in [-0.05, 0) is 35.6 Å². The minimum Gasteiger partial charge on any atom is -0.507 e. The number of aryl methyl sites for hydroxylation is 1. The average molecular weight is 479 g/mol. The lowest BCUT2D eigenvalue weighted by molar-refractivity contribution is -0.140. The number of benzene rings is 2. The van der Waals surface area contributed by atoms with Crippen molar-refractivity contribution in [2.24, 2.45) is 0 Å². The number of amides is 1. The number of aliphatic hydroxyl groups is 1. The molecule has 0 saturated carbocycles. The molecule has 0 bridgehead atoms. The van der Waals surface area contributed by atoms with E-state index in [1.807, 2.05) is 31.2 Å². The van der Waals surface area contributed by atoms with Crippen LogP contribution in [0.15, 0.2) is 48.0 Å². The Morgan fingerprint density at radius 3 is 2.31 bits per heavy atom. The molecular formula is C28H34N2O5. The van der Waals surface area contributed by atoms with Crippen LogP contribution in [0.3, 0.4) is 0 Å². The summed E-state index contributed by atoms with van der Waals surface area (Å²) in [7, 11) is 0. The first-order chi connectivity index (χ1) is 16.6. The highest BCUT2D eigenvalue weighted by Crippen LogP contribution is 2.41. The van der Waals surface area contributed by atoms with Crippen LogP contribution in [-0.2, 0) is 19.7 Å². The van der Waals surface area contributed by atoms with E-state index in [1.165, 1.54) is 6.07 Å². The largest absolute Gasteiger partial charge is 0.507 e. The number of rotatable bonds is 5. The zero-order valence-corrected chi connectivity index (χ0v) is 20.9. The Morgan fingerprint density at radius 1 is 1.03 bits per heavy atom. The summed E-state index contributed by atoms with van der Waals surface area (Å²) in [5.41, 5.74) is 2.78. The quantitative estimate of drug-likeness (QED) is 0.387. The summed E-state index contributed by atoms with van der Waals surface area (Å²) in [6.45, 7) is 12.0. The second-order valence-electron chi connectivity index (χ2n) is 10.3. The van der Waals surface area contributed by atoms with Crippen LogP contribution >= 0.6 is 0 Å². The maximum absolute atomic E-state index is 13.3. The van der Waals surface area contributed by atoms with Crippen LogP contribution in [0.25, 0.3) is 5.76 Å². The lowest BCUT2D eigenvalue weighted by Gasteiger charge is -2.31. The number of likely N-dealkylation sites (tertiary alicyclic amines) is 1. The number of phenolic OH excluding ortho intramolecular Hbond substituents is 1. The Bertz CT molecular complexity index is 1140. The third-order valence-corrected chi connectivity index (χ3v) is 6.80. The first kappa shape index (κ1) is 24.9. The van der Waals surface area contributed by atoms with E-state index in [4.69, 9.17) is 4.74 Å². The van der Waals surface area contributed by atoms with E-state index in [1.54, 1.807) is 17.0 Å². The number of ketones is 1. The van der Waals surface area contributed by atoms with E-state index in [0.29, 0.717) is 26.3 Å². The molecule has 2 saturated heterocycles. The number of Topliss-reactive ketones (excluding diaryl/α,β-unsaturated/α-hetero) is 1. The van der Waals surface area contributed by atoms with Gasteiger partial charge in [0.15, 0.2) is 0 Å². The van der Waals surface area contributed by atoms with E-state index in [9.17, 15) is 19.8 Å². The maximum atomic E-state index is 13.3. The second kappa shape index (κ2) is 9.84. The van der Waals surface area contributed by atoms with Gasteiger partial charge in [-0.3, -0.25) is 14.5 Å². The van der Waals surface area contributed by atoms with Crippen molar-refractivity contribution in [3.63, 3.8) is 0 Å². The molecule has 7 nitrogen and oxygen atoms in total. The fourth-order valence-corrected chi connectivity index (χ4v) is 4.68. The van der Waals surface area contributed by atoms with Gasteiger partial charge in [0, 0.05) is 26.2 Å². The molecule has 1 amide bonds. The summed E-state index contributed by atoms with van der Waals surface area (Å²) >= 11 is 0. The third-order valence-electron chi connectivity index (χ3n) is 6.80. The van der Waals surface area contributed by atoms with Crippen molar-refractivity contribution in [2.45, 2.75) is 39.2 Å². The van der Waals surface area contributed by atoms with Gasteiger partial charge in [-0.1, -0.05) is 56.7 Å². The second-order valence-corrected chi connectivity index (χ2v) is 10.3. The monoisotopic (exact) mass is 478 g/mol. The van der Waals surface area contributed by atoms with Crippen LogP contribution in [0, 0.1) is 6.92 Å². The molecule has 2 N–H and O–H groups in total. The molecule has 2 heterocycles. The number of hydrogen-bond donors (Lipinski definition) is 2. The summed E-state index contributed by atoms with van der Waals surface area (Å²) in [6, 6.07) is 11.9. The summed E-state index contributed by atoms with van der Waals surface area (Å²) in [5.74, 6) is -1.88. The summed E-state index contributed by atoms with van der Waals surface area (Å²) in [4.78, 5) is 30.2.